The van der Waals surface area contributed by atoms with Gasteiger partial charge in [-0.3, -0.25) is 14.9 Å². The van der Waals surface area contributed by atoms with Gasteiger partial charge >= 0.3 is 0 Å². The van der Waals surface area contributed by atoms with E-state index < -0.39 is 17.6 Å². The maximum Gasteiger partial charge on any atom is 0.270 e. The number of phenols is 2. The quantitative estimate of drug-likeness (QED) is 0.264. The second kappa shape index (κ2) is 7.00. The van der Waals surface area contributed by atoms with Gasteiger partial charge in [0.2, 0.25) is 0 Å². The molecule has 0 unspecified atom stereocenters. The summed E-state index contributed by atoms with van der Waals surface area (Å²) in [6, 6.07) is 8.01. The van der Waals surface area contributed by atoms with Crippen LogP contribution in [0.1, 0.15) is 5.56 Å². The lowest BCUT2D eigenvalue weighted by Gasteiger charge is -2.29. The maximum absolute atomic E-state index is 14.1. The lowest BCUT2D eigenvalue weighted by Crippen LogP contribution is -2.54. The summed E-state index contributed by atoms with van der Waals surface area (Å²) in [5.74, 6) is -2.73. The first kappa shape index (κ1) is 18.3. The van der Waals surface area contributed by atoms with Gasteiger partial charge in [-0.15, -0.1) is 0 Å². The fourth-order valence-electron chi connectivity index (χ4n) is 2.35. The van der Waals surface area contributed by atoms with Crippen molar-refractivity contribution in [3.63, 3.8) is 0 Å². The number of amides is 2. The molecule has 26 heavy (non-hydrogen) atoms. The minimum absolute atomic E-state index is 0.0992. The highest BCUT2D eigenvalue weighted by Crippen LogP contribution is 2.31. The smallest absolute Gasteiger partial charge is 0.270 e. The van der Waals surface area contributed by atoms with Crippen molar-refractivity contribution in [2.24, 2.45) is 0 Å². The van der Waals surface area contributed by atoms with Gasteiger partial charge in [0, 0.05) is 11.6 Å². The third kappa shape index (κ3) is 3.27. The standard InChI is InChI=1S/C17H10FIN2O4S/c18-10-3-1-2-4-12(10)21-16(25)9(15(24)20-17(21)26)5-8-6-11(19)14(23)7-13(8)22/h1-7,22-23H,(H,20,24,26)/b9-5+. The SMILES string of the molecule is O=C1NC(=S)N(c2ccccc2F)C(=O)/C1=C/c1cc(I)c(O)cc1O. The molecule has 3 N–H and O–H groups in total. The molecule has 0 radical (unpaired) electrons. The lowest BCUT2D eigenvalue weighted by atomic mass is 10.1. The van der Waals surface area contributed by atoms with E-state index in [0.717, 1.165) is 17.0 Å². The van der Waals surface area contributed by atoms with Crippen molar-refractivity contribution in [3.8, 4) is 11.5 Å². The van der Waals surface area contributed by atoms with Crippen molar-refractivity contribution in [1.29, 1.82) is 0 Å². The van der Waals surface area contributed by atoms with Gasteiger partial charge in [-0.05, 0) is 59.1 Å². The number of thiocarbonyl (C=S) groups is 1. The Labute approximate surface area is 166 Å². The van der Waals surface area contributed by atoms with Gasteiger partial charge in [0.05, 0.1) is 9.26 Å². The van der Waals surface area contributed by atoms with E-state index >= 15 is 0 Å². The van der Waals surface area contributed by atoms with Crippen LogP contribution in [0.15, 0.2) is 42.0 Å². The molecule has 0 spiro atoms. The first-order chi connectivity index (χ1) is 12.3. The van der Waals surface area contributed by atoms with Crippen LogP contribution in [0.3, 0.4) is 0 Å². The van der Waals surface area contributed by atoms with Gasteiger partial charge < -0.3 is 10.2 Å². The molecule has 9 heteroatoms. The van der Waals surface area contributed by atoms with E-state index in [1.807, 2.05) is 22.6 Å². The zero-order chi connectivity index (χ0) is 19.0. The number of para-hydroxylation sites is 1. The third-order valence-corrected chi connectivity index (χ3v) is 4.74. The number of phenolic OH excluding ortho intramolecular Hbond substituents is 2. The molecule has 3 rings (SSSR count). The van der Waals surface area contributed by atoms with Crippen LogP contribution in [0.5, 0.6) is 11.5 Å². The van der Waals surface area contributed by atoms with Gasteiger partial charge in [0.25, 0.3) is 11.8 Å². The number of hydrogen-bond acceptors (Lipinski definition) is 5. The number of benzene rings is 2. The average molecular weight is 484 g/mol. The molecule has 1 heterocycles. The summed E-state index contributed by atoms with van der Waals surface area (Å²) in [7, 11) is 0. The summed E-state index contributed by atoms with van der Waals surface area (Å²) >= 11 is 6.84. The molecule has 0 saturated carbocycles. The molecule has 2 aromatic rings. The molecule has 0 bridgehead atoms. The number of aromatic hydroxyl groups is 2. The molecule has 0 aliphatic carbocycles. The van der Waals surface area contributed by atoms with E-state index in [9.17, 15) is 24.2 Å². The van der Waals surface area contributed by atoms with Crippen LogP contribution in [0.4, 0.5) is 10.1 Å². The second-order valence-electron chi connectivity index (χ2n) is 5.27. The molecule has 6 nitrogen and oxygen atoms in total. The highest BCUT2D eigenvalue weighted by atomic mass is 127. The van der Waals surface area contributed by atoms with Crippen LogP contribution >= 0.6 is 34.8 Å². The summed E-state index contributed by atoms with van der Waals surface area (Å²) < 4.78 is 14.5. The normalized spacial score (nSPS) is 16.2. The largest absolute Gasteiger partial charge is 0.507 e. The van der Waals surface area contributed by atoms with Crippen LogP contribution in [-0.2, 0) is 9.59 Å². The Hall–Kier alpha value is -2.53. The lowest BCUT2D eigenvalue weighted by molar-refractivity contribution is -0.122. The number of anilines is 1. The number of halogens is 2. The van der Waals surface area contributed by atoms with Crippen LogP contribution in [0.25, 0.3) is 6.08 Å². The van der Waals surface area contributed by atoms with Gasteiger partial charge in [-0.1, -0.05) is 12.1 Å². The summed E-state index contributed by atoms with van der Waals surface area (Å²) in [5, 5.41) is 21.6. The molecule has 1 aliphatic heterocycles. The number of nitrogens with one attached hydrogen (secondary N) is 1. The molecular formula is C17H10FIN2O4S. The first-order valence-electron chi connectivity index (χ1n) is 7.17. The molecule has 0 atom stereocenters. The Morgan fingerprint density at radius 2 is 1.85 bits per heavy atom. The molecule has 2 amide bonds. The van der Waals surface area contributed by atoms with Crippen LogP contribution in [-0.4, -0.2) is 27.1 Å². The number of hydrogen-bond donors (Lipinski definition) is 3. The molecule has 1 aliphatic rings. The Bertz CT molecular complexity index is 993. The number of carbonyl (C=O) groups excluding carboxylic acids is 2. The van der Waals surface area contributed by atoms with E-state index in [0.29, 0.717) is 3.57 Å². The predicted molar refractivity (Wildman–Crippen MR) is 105 cm³/mol. The van der Waals surface area contributed by atoms with E-state index in [4.69, 9.17) is 12.2 Å². The first-order valence-corrected chi connectivity index (χ1v) is 8.65. The van der Waals surface area contributed by atoms with E-state index in [1.54, 1.807) is 0 Å². The molecule has 1 saturated heterocycles. The minimum Gasteiger partial charge on any atom is -0.507 e. The van der Waals surface area contributed by atoms with Crippen LogP contribution in [0.2, 0.25) is 0 Å². The summed E-state index contributed by atoms with van der Waals surface area (Å²) in [6.07, 6.45) is 1.16. The van der Waals surface area contributed by atoms with Crippen LogP contribution in [0, 0.1) is 9.39 Å². The second-order valence-corrected chi connectivity index (χ2v) is 6.82. The maximum atomic E-state index is 14.1. The minimum atomic E-state index is -0.827. The number of carbonyl (C=O) groups is 2. The zero-order valence-corrected chi connectivity index (χ0v) is 15.8. The van der Waals surface area contributed by atoms with Crippen molar-refractivity contribution in [2.75, 3.05) is 4.90 Å². The summed E-state index contributed by atoms with van der Waals surface area (Å²) in [5.41, 5.74) is -0.288. The highest BCUT2D eigenvalue weighted by Gasteiger charge is 2.35. The fraction of sp³-hybridized carbons (Fsp3) is 0. The molecule has 0 aromatic heterocycles. The molecule has 1 fully saturated rings. The Morgan fingerprint density at radius 3 is 2.54 bits per heavy atom. The summed E-state index contributed by atoms with van der Waals surface area (Å²) in [6.45, 7) is 0. The van der Waals surface area contributed by atoms with E-state index in [-0.39, 0.29) is 33.4 Å². The zero-order valence-electron chi connectivity index (χ0n) is 12.9. The van der Waals surface area contributed by atoms with Crippen molar-refractivity contribution in [3.05, 3.63) is 56.9 Å². The predicted octanol–water partition coefficient (Wildman–Crippen LogP) is 2.67. The number of nitrogens with zero attached hydrogens (tertiary/aromatic N) is 1. The highest BCUT2D eigenvalue weighted by molar-refractivity contribution is 14.1. The Kier molecular flexibility index (Phi) is 4.92. The van der Waals surface area contributed by atoms with Gasteiger partial charge in [0.15, 0.2) is 5.11 Å². The van der Waals surface area contributed by atoms with E-state index in [2.05, 4.69) is 5.32 Å². The topological polar surface area (TPSA) is 89.9 Å². The summed E-state index contributed by atoms with van der Waals surface area (Å²) in [4.78, 5) is 25.9. The van der Waals surface area contributed by atoms with Gasteiger partial charge in [0.1, 0.15) is 22.9 Å². The van der Waals surface area contributed by atoms with Crippen molar-refractivity contribution in [2.45, 2.75) is 0 Å². The van der Waals surface area contributed by atoms with Crippen molar-refractivity contribution in [1.82, 2.24) is 5.32 Å². The monoisotopic (exact) mass is 484 g/mol. The molecule has 2 aromatic carbocycles. The van der Waals surface area contributed by atoms with Crippen molar-refractivity contribution >= 4 is 63.5 Å². The van der Waals surface area contributed by atoms with Gasteiger partial charge in [-0.2, -0.15) is 0 Å². The fourth-order valence-corrected chi connectivity index (χ4v) is 3.11. The van der Waals surface area contributed by atoms with Crippen molar-refractivity contribution < 1.29 is 24.2 Å². The number of rotatable bonds is 2. The van der Waals surface area contributed by atoms with E-state index in [1.165, 1.54) is 30.3 Å². The van der Waals surface area contributed by atoms with Gasteiger partial charge in [-0.25, -0.2) is 9.29 Å². The Balaban J connectivity index is 2.09. The third-order valence-electron chi connectivity index (χ3n) is 3.59. The average Bonchev–Trinajstić information content (AvgIpc) is 2.57. The molecule has 132 valence electrons. The molecular weight excluding hydrogens is 474 g/mol. The van der Waals surface area contributed by atoms with Crippen LogP contribution < -0.4 is 10.2 Å². The Morgan fingerprint density at radius 1 is 1.15 bits per heavy atom.